The van der Waals surface area contributed by atoms with Crippen LogP contribution in [0.4, 0.5) is 0 Å². The molecule has 1 amide bonds. The molecule has 18 heavy (non-hydrogen) atoms. The molecule has 0 saturated heterocycles. The van der Waals surface area contributed by atoms with E-state index in [-0.39, 0.29) is 11.3 Å². The van der Waals surface area contributed by atoms with Gasteiger partial charge in [-0.1, -0.05) is 12.1 Å². The van der Waals surface area contributed by atoms with Crippen molar-refractivity contribution in [3.05, 3.63) is 29.8 Å². The molecule has 2 atom stereocenters. The number of carbonyl (C=O) groups excluding carboxylic acids is 1. The monoisotopic (exact) mass is 253 g/mol. The molecule has 1 aromatic carbocycles. The number of ether oxygens (including phenoxy) is 1. The number of para-hydroxylation sites is 1. The number of amides is 1. The summed E-state index contributed by atoms with van der Waals surface area (Å²) in [5.74, 6) is -0.335. The van der Waals surface area contributed by atoms with Gasteiger partial charge in [-0.05, 0) is 31.5 Å². The van der Waals surface area contributed by atoms with Gasteiger partial charge in [-0.3, -0.25) is 10.5 Å². The van der Waals surface area contributed by atoms with Crippen molar-refractivity contribution in [1.82, 2.24) is 0 Å². The standard InChI is InChI=1S/C12H19N3O3/c13-7-3-5-9(16)12(15)18-10-6-2-1-4-8(10)11(14)17/h1-2,4,6,9,12,16H,3,5,7,13,15H2,(H2,14,17). The number of primary amides is 1. The van der Waals surface area contributed by atoms with Crippen LogP contribution in [0, 0.1) is 0 Å². The maximum atomic E-state index is 11.2. The van der Waals surface area contributed by atoms with Crippen LogP contribution >= 0.6 is 0 Å². The summed E-state index contributed by atoms with van der Waals surface area (Å²) in [5, 5.41) is 9.72. The van der Waals surface area contributed by atoms with Crippen molar-refractivity contribution >= 4 is 5.91 Å². The molecule has 0 aromatic heterocycles. The van der Waals surface area contributed by atoms with Crippen LogP contribution < -0.4 is 21.9 Å². The summed E-state index contributed by atoms with van der Waals surface area (Å²) < 4.78 is 5.35. The van der Waals surface area contributed by atoms with E-state index in [1.54, 1.807) is 18.2 Å². The summed E-state index contributed by atoms with van der Waals surface area (Å²) >= 11 is 0. The van der Waals surface area contributed by atoms with Crippen LogP contribution in [0.15, 0.2) is 24.3 Å². The molecule has 0 aliphatic carbocycles. The zero-order valence-corrected chi connectivity index (χ0v) is 10.1. The van der Waals surface area contributed by atoms with Crippen molar-refractivity contribution in [2.75, 3.05) is 6.54 Å². The van der Waals surface area contributed by atoms with Crippen molar-refractivity contribution in [3.8, 4) is 5.75 Å². The minimum atomic E-state index is -0.919. The molecule has 0 fully saturated rings. The highest BCUT2D eigenvalue weighted by molar-refractivity contribution is 5.95. The average Bonchev–Trinajstić information content (AvgIpc) is 2.36. The Balaban J connectivity index is 2.69. The molecular weight excluding hydrogens is 234 g/mol. The van der Waals surface area contributed by atoms with Crippen molar-refractivity contribution in [2.45, 2.75) is 25.2 Å². The maximum absolute atomic E-state index is 11.2. The fourth-order valence-corrected chi connectivity index (χ4v) is 1.49. The first-order valence-electron chi connectivity index (χ1n) is 5.75. The Bertz CT molecular complexity index is 398. The number of hydrogen-bond acceptors (Lipinski definition) is 5. The van der Waals surface area contributed by atoms with Gasteiger partial charge < -0.3 is 21.3 Å². The molecule has 0 radical (unpaired) electrons. The molecule has 0 aliphatic rings. The quantitative estimate of drug-likeness (QED) is 0.490. The van der Waals surface area contributed by atoms with E-state index in [9.17, 15) is 9.90 Å². The highest BCUT2D eigenvalue weighted by Gasteiger charge is 2.18. The first-order valence-corrected chi connectivity index (χ1v) is 5.75. The van der Waals surface area contributed by atoms with Crippen molar-refractivity contribution in [1.29, 1.82) is 0 Å². The lowest BCUT2D eigenvalue weighted by Gasteiger charge is -2.21. The molecule has 100 valence electrons. The summed E-state index contributed by atoms with van der Waals surface area (Å²) in [5.41, 5.74) is 16.5. The lowest BCUT2D eigenvalue weighted by atomic mass is 10.1. The fraction of sp³-hybridized carbons (Fsp3) is 0.417. The van der Waals surface area contributed by atoms with Crippen LogP contribution in [0.2, 0.25) is 0 Å². The first kappa shape index (κ1) is 14.4. The molecule has 1 rings (SSSR count). The van der Waals surface area contributed by atoms with Crippen LogP contribution in [0.5, 0.6) is 5.75 Å². The molecule has 0 saturated carbocycles. The predicted molar refractivity (Wildman–Crippen MR) is 67.9 cm³/mol. The molecule has 0 bridgehead atoms. The van der Waals surface area contributed by atoms with E-state index in [0.29, 0.717) is 19.4 Å². The Morgan fingerprint density at radius 3 is 2.67 bits per heavy atom. The van der Waals surface area contributed by atoms with Crippen molar-refractivity contribution < 1.29 is 14.6 Å². The van der Waals surface area contributed by atoms with Crippen LogP contribution in [-0.4, -0.2) is 29.9 Å². The highest BCUT2D eigenvalue weighted by atomic mass is 16.5. The molecule has 0 aliphatic heterocycles. The first-order chi connectivity index (χ1) is 8.56. The SMILES string of the molecule is NCCCC(O)C(N)Oc1ccccc1C(N)=O. The normalized spacial score (nSPS) is 13.9. The Hall–Kier alpha value is -1.63. The Labute approximate surface area is 106 Å². The fourth-order valence-electron chi connectivity index (χ4n) is 1.49. The van der Waals surface area contributed by atoms with E-state index in [4.69, 9.17) is 21.9 Å². The van der Waals surface area contributed by atoms with Gasteiger partial charge in [0, 0.05) is 0 Å². The summed E-state index contributed by atoms with van der Waals surface area (Å²) in [4.78, 5) is 11.2. The number of benzene rings is 1. The van der Waals surface area contributed by atoms with Crippen LogP contribution in [0.1, 0.15) is 23.2 Å². The number of rotatable bonds is 7. The van der Waals surface area contributed by atoms with Gasteiger partial charge in [0.2, 0.25) is 0 Å². The van der Waals surface area contributed by atoms with Gasteiger partial charge >= 0.3 is 0 Å². The number of aliphatic hydroxyl groups is 1. The summed E-state index contributed by atoms with van der Waals surface area (Å²) in [6, 6.07) is 6.48. The van der Waals surface area contributed by atoms with Gasteiger partial charge in [0.15, 0.2) is 6.23 Å². The molecule has 0 spiro atoms. The number of aliphatic hydroxyl groups excluding tert-OH is 1. The molecule has 1 aromatic rings. The Kier molecular flexibility index (Phi) is 5.57. The van der Waals surface area contributed by atoms with E-state index in [1.165, 1.54) is 6.07 Å². The van der Waals surface area contributed by atoms with E-state index >= 15 is 0 Å². The molecule has 2 unspecified atom stereocenters. The lowest BCUT2D eigenvalue weighted by molar-refractivity contribution is 0.0332. The summed E-state index contributed by atoms with van der Waals surface area (Å²) in [6.07, 6.45) is -0.668. The second-order valence-electron chi connectivity index (χ2n) is 3.94. The average molecular weight is 253 g/mol. The Morgan fingerprint density at radius 1 is 1.39 bits per heavy atom. The van der Waals surface area contributed by atoms with Gasteiger partial charge in [-0.25, -0.2) is 0 Å². The lowest BCUT2D eigenvalue weighted by Crippen LogP contribution is -2.40. The van der Waals surface area contributed by atoms with Gasteiger partial charge in [0.1, 0.15) is 11.9 Å². The third-order valence-electron chi connectivity index (χ3n) is 2.50. The highest BCUT2D eigenvalue weighted by Crippen LogP contribution is 2.19. The Morgan fingerprint density at radius 2 is 2.06 bits per heavy atom. The van der Waals surface area contributed by atoms with Gasteiger partial charge in [-0.2, -0.15) is 0 Å². The summed E-state index contributed by atoms with van der Waals surface area (Å²) in [7, 11) is 0. The minimum absolute atomic E-state index is 0.235. The van der Waals surface area contributed by atoms with Crippen molar-refractivity contribution in [2.24, 2.45) is 17.2 Å². The van der Waals surface area contributed by atoms with Crippen LogP contribution in [0.3, 0.4) is 0 Å². The topological polar surface area (TPSA) is 125 Å². The van der Waals surface area contributed by atoms with Gasteiger partial charge in [-0.15, -0.1) is 0 Å². The largest absolute Gasteiger partial charge is 0.472 e. The zero-order chi connectivity index (χ0) is 13.5. The molecular formula is C12H19N3O3. The second kappa shape index (κ2) is 6.95. The maximum Gasteiger partial charge on any atom is 0.252 e. The zero-order valence-electron chi connectivity index (χ0n) is 10.1. The summed E-state index contributed by atoms with van der Waals surface area (Å²) in [6.45, 7) is 0.474. The minimum Gasteiger partial charge on any atom is -0.472 e. The molecule has 6 heteroatoms. The van der Waals surface area contributed by atoms with E-state index < -0.39 is 18.2 Å². The molecule has 7 N–H and O–H groups in total. The van der Waals surface area contributed by atoms with Crippen LogP contribution in [-0.2, 0) is 0 Å². The predicted octanol–water partition coefficient (Wildman–Crippen LogP) is -0.451. The van der Waals surface area contributed by atoms with E-state index in [1.807, 2.05) is 0 Å². The smallest absolute Gasteiger partial charge is 0.252 e. The van der Waals surface area contributed by atoms with E-state index in [0.717, 1.165) is 0 Å². The van der Waals surface area contributed by atoms with Gasteiger partial charge in [0.25, 0.3) is 5.91 Å². The number of carbonyl (C=O) groups is 1. The third-order valence-corrected chi connectivity index (χ3v) is 2.50. The van der Waals surface area contributed by atoms with E-state index in [2.05, 4.69) is 0 Å². The van der Waals surface area contributed by atoms with Gasteiger partial charge in [0.05, 0.1) is 5.56 Å². The molecule has 6 nitrogen and oxygen atoms in total. The number of nitrogens with two attached hydrogens (primary N) is 3. The number of hydrogen-bond donors (Lipinski definition) is 4. The second-order valence-corrected chi connectivity index (χ2v) is 3.94. The van der Waals surface area contributed by atoms with Crippen LogP contribution in [0.25, 0.3) is 0 Å². The van der Waals surface area contributed by atoms with Crippen molar-refractivity contribution in [3.63, 3.8) is 0 Å². The molecule has 0 heterocycles. The third kappa shape index (κ3) is 3.99.